The minimum absolute atomic E-state index is 0.289. The number of methoxy groups -OCH3 is 2. The summed E-state index contributed by atoms with van der Waals surface area (Å²) in [6.45, 7) is 4.00. The van der Waals surface area contributed by atoms with Crippen molar-refractivity contribution in [2.45, 2.75) is 26.3 Å². The van der Waals surface area contributed by atoms with Crippen LogP contribution >= 0.6 is 0 Å². The lowest BCUT2D eigenvalue weighted by atomic mass is 10.1. The molecule has 0 radical (unpaired) electrons. The zero-order valence-electron chi connectivity index (χ0n) is 13.1. The van der Waals surface area contributed by atoms with Crippen LogP contribution in [-0.2, 0) is 6.42 Å². The monoisotopic (exact) mass is 291 g/mol. The van der Waals surface area contributed by atoms with Gasteiger partial charge in [0.2, 0.25) is 0 Å². The number of nitrogens with one attached hydrogen (secondary N) is 1. The molecule has 2 rings (SSSR count). The van der Waals surface area contributed by atoms with E-state index in [9.17, 15) is 0 Å². The van der Waals surface area contributed by atoms with Crippen molar-refractivity contribution in [1.82, 2.24) is 15.5 Å². The van der Waals surface area contributed by atoms with E-state index < -0.39 is 0 Å². The van der Waals surface area contributed by atoms with Crippen LogP contribution in [0.5, 0.6) is 11.5 Å². The third kappa shape index (κ3) is 3.33. The van der Waals surface area contributed by atoms with Crippen LogP contribution in [0.3, 0.4) is 0 Å². The van der Waals surface area contributed by atoms with Crippen molar-refractivity contribution < 1.29 is 14.0 Å². The summed E-state index contributed by atoms with van der Waals surface area (Å²) in [5.41, 5.74) is 1.72. The molecule has 0 fully saturated rings. The van der Waals surface area contributed by atoms with Gasteiger partial charge in [0.05, 0.1) is 14.2 Å². The van der Waals surface area contributed by atoms with Crippen LogP contribution in [0.15, 0.2) is 16.7 Å². The summed E-state index contributed by atoms with van der Waals surface area (Å²) in [5, 5.41) is 7.15. The summed E-state index contributed by atoms with van der Waals surface area (Å²) in [6, 6.07) is 4.03. The Hall–Kier alpha value is -2.08. The summed E-state index contributed by atoms with van der Waals surface area (Å²) >= 11 is 0. The summed E-state index contributed by atoms with van der Waals surface area (Å²) in [4.78, 5) is 4.42. The Bertz CT molecular complexity index is 585. The topological polar surface area (TPSA) is 69.4 Å². The summed E-state index contributed by atoms with van der Waals surface area (Å²) in [7, 11) is 5.15. The molecule has 0 saturated carbocycles. The molecular weight excluding hydrogens is 270 g/mol. The third-order valence-corrected chi connectivity index (χ3v) is 3.45. The van der Waals surface area contributed by atoms with Crippen molar-refractivity contribution >= 4 is 0 Å². The van der Waals surface area contributed by atoms with E-state index in [1.807, 2.05) is 26.1 Å². The Balaban J connectivity index is 2.33. The van der Waals surface area contributed by atoms with E-state index in [0.717, 1.165) is 22.6 Å². The van der Waals surface area contributed by atoms with Crippen LogP contribution in [-0.4, -0.2) is 37.4 Å². The number of benzene rings is 1. The Morgan fingerprint density at radius 2 is 1.86 bits per heavy atom. The van der Waals surface area contributed by atoms with Crippen molar-refractivity contribution in [2.75, 3.05) is 21.3 Å². The standard InChI is InChI=1S/C15H21N3O3/c1-9(16-3)6-14-17-15(21-18-14)11-7-12(19-4)10(2)13(8-11)20-5/h7-9,16H,6H2,1-5H3. The lowest BCUT2D eigenvalue weighted by molar-refractivity contribution is 0.387. The van der Waals surface area contributed by atoms with Crippen LogP contribution in [0.2, 0.25) is 0 Å². The molecule has 6 nitrogen and oxygen atoms in total. The van der Waals surface area contributed by atoms with Gasteiger partial charge in [-0.15, -0.1) is 0 Å². The average Bonchev–Trinajstić information content (AvgIpc) is 2.95. The number of nitrogens with zero attached hydrogens (tertiary/aromatic N) is 2. The van der Waals surface area contributed by atoms with Gasteiger partial charge in [-0.3, -0.25) is 0 Å². The molecule has 1 unspecified atom stereocenters. The van der Waals surface area contributed by atoms with Gasteiger partial charge in [0.25, 0.3) is 5.89 Å². The molecule has 0 bridgehead atoms. The van der Waals surface area contributed by atoms with Gasteiger partial charge in [-0.25, -0.2) is 0 Å². The van der Waals surface area contributed by atoms with Crippen molar-refractivity contribution in [1.29, 1.82) is 0 Å². The molecule has 0 amide bonds. The molecule has 0 aliphatic carbocycles. The number of ether oxygens (including phenoxy) is 2. The zero-order chi connectivity index (χ0) is 15.4. The van der Waals surface area contributed by atoms with Gasteiger partial charge in [0, 0.05) is 23.6 Å². The molecule has 0 spiro atoms. The van der Waals surface area contributed by atoms with Crippen LogP contribution in [0.1, 0.15) is 18.3 Å². The Morgan fingerprint density at radius 3 is 2.38 bits per heavy atom. The molecular formula is C15H21N3O3. The molecule has 1 N–H and O–H groups in total. The highest BCUT2D eigenvalue weighted by Crippen LogP contribution is 2.33. The van der Waals surface area contributed by atoms with Gasteiger partial charge in [-0.05, 0) is 33.0 Å². The van der Waals surface area contributed by atoms with Crippen molar-refractivity contribution in [3.63, 3.8) is 0 Å². The quantitative estimate of drug-likeness (QED) is 0.880. The number of hydrogen-bond acceptors (Lipinski definition) is 6. The molecule has 114 valence electrons. The smallest absolute Gasteiger partial charge is 0.258 e. The molecule has 1 aromatic heterocycles. The molecule has 1 aromatic carbocycles. The first-order valence-electron chi connectivity index (χ1n) is 6.81. The SMILES string of the molecule is CNC(C)Cc1noc(-c2cc(OC)c(C)c(OC)c2)n1. The molecule has 1 atom stereocenters. The number of aromatic nitrogens is 2. The summed E-state index contributed by atoms with van der Waals surface area (Å²) in [5.74, 6) is 2.59. The van der Waals surface area contributed by atoms with E-state index in [1.165, 1.54) is 0 Å². The Labute approximate surface area is 124 Å². The second-order valence-corrected chi connectivity index (χ2v) is 4.92. The van der Waals surface area contributed by atoms with Gasteiger partial charge < -0.3 is 19.3 Å². The van der Waals surface area contributed by atoms with E-state index in [2.05, 4.69) is 22.4 Å². The van der Waals surface area contributed by atoms with Crippen LogP contribution in [0.25, 0.3) is 11.5 Å². The fourth-order valence-electron chi connectivity index (χ4n) is 2.04. The lowest BCUT2D eigenvalue weighted by Crippen LogP contribution is -2.24. The predicted octanol–water partition coefficient (Wildman–Crippen LogP) is 2.21. The van der Waals surface area contributed by atoms with Gasteiger partial charge in [-0.2, -0.15) is 4.98 Å². The number of rotatable bonds is 6. The van der Waals surface area contributed by atoms with E-state index in [1.54, 1.807) is 14.2 Å². The van der Waals surface area contributed by atoms with E-state index >= 15 is 0 Å². The maximum Gasteiger partial charge on any atom is 0.258 e. The second kappa shape index (κ2) is 6.58. The highest BCUT2D eigenvalue weighted by Gasteiger charge is 2.15. The van der Waals surface area contributed by atoms with Crippen molar-refractivity contribution in [3.8, 4) is 23.0 Å². The van der Waals surface area contributed by atoms with E-state index in [4.69, 9.17) is 14.0 Å². The maximum atomic E-state index is 5.36. The van der Waals surface area contributed by atoms with Crippen LogP contribution in [0, 0.1) is 6.92 Å². The Kier molecular flexibility index (Phi) is 4.80. The van der Waals surface area contributed by atoms with Gasteiger partial charge in [-0.1, -0.05) is 5.16 Å². The van der Waals surface area contributed by atoms with Crippen LogP contribution in [0.4, 0.5) is 0 Å². The molecule has 0 aliphatic rings. The van der Waals surface area contributed by atoms with Crippen molar-refractivity contribution in [3.05, 3.63) is 23.5 Å². The van der Waals surface area contributed by atoms with E-state index in [0.29, 0.717) is 18.1 Å². The highest BCUT2D eigenvalue weighted by molar-refractivity contribution is 5.62. The number of likely N-dealkylation sites (N-methyl/N-ethyl adjacent to an activating group) is 1. The summed E-state index contributed by atoms with van der Waals surface area (Å²) < 4.78 is 16.1. The fraction of sp³-hybridized carbons (Fsp3) is 0.467. The zero-order valence-corrected chi connectivity index (χ0v) is 13.1. The minimum atomic E-state index is 0.289. The Morgan fingerprint density at radius 1 is 1.24 bits per heavy atom. The van der Waals surface area contributed by atoms with E-state index in [-0.39, 0.29) is 6.04 Å². The third-order valence-electron chi connectivity index (χ3n) is 3.45. The fourth-order valence-corrected chi connectivity index (χ4v) is 2.04. The average molecular weight is 291 g/mol. The molecule has 21 heavy (non-hydrogen) atoms. The maximum absolute atomic E-state index is 5.36. The number of hydrogen-bond donors (Lipinski definition) is 1. The first-order chi connectivity index (χ1) is 10.1. The van der Waals surface area contributed by atoms with Gasteiger partial charge >= 0.3 is 0 Å². The molecule has 2 aromatic rings. The normalized spacial score (nSPS) is 12.2. The highest BCUT2D eigenvalue weighted by atomic mass is 16.5. The largest absolute Gasteiger partial charge is 0.496 e. The second-order valence-electron chi connectivity index (χ2n) is 4.92. The molecule has 0 aliphatic heterocycles. The molecule has 0 saturated heterocycles. The van der Waals surface area contributed by atoms with Crippen molar-refractivity contribution in [2.24, 2.45) is 0 Å². The van der Waals surface area contributed by atoms with Crippen LogP contribution < -0.4 is 14.8 Å². The van der Waals surface area contributed by atoms with Gasteiger partial charge in [0.1, 0.15) is 11.5 Å². The first kappa shape index (κ1) is 15.3. The lowest BCUT2D eigenvalue weighted by Gasteiger charge is -2.10. The first-order valence-corrected chi connectivity index (χ1v) is 6.81. The predicted molar refractivity (Wildman–Crippen MR) is 79.8 cm³/mol. The molecule has 1 heterocycles. The minimum Gasteiger partial charge on any atom is -0.496 e. The summed E-state index contributed by atoms with van der Waals surface area (Å²) in [6.07, 6.45) is 0.708. The van der Waals surface area contributed by atoms with Gasteiger partial charge in [0.15, 0.2) is 5.82 Å². The molecule has 6 heteroatoms.